The monoisotopic (exact) mass is 1870 g/mol. The fourth-order valence-electron chi connectivity index (χ4n) is 18.8. The van der Waals surface area contributed by atoms with Gasteiger partial charge in [-0.3, -0.25) is 28.8 Å². The summed E-state index contributed by atoms with van der Waals surface area (Å²) in [5.41, 5.74) is -2.74. The summed E-state index contributed by atoms with van der Waals surface area (Å²) in [5, 5.41) is 0. The van der Waals surface area contributed by atoms with Crippen molar-refractivity contribution in [2.24, 2.45) is 10.8 Å². The maximum absolute atomic E-state index is 14.2. The Kier molecular flexibility index (Phi) is 104. The van der Waals surface area contributed by atoms with Gasteiger partial charge in [-0.2, -0.15) is 0 Å². The molecule has 0 aromatic heterocycles. The molecule has 13 nitrogen and oxygen atoms in total. The quantitative estimate of drug-likeness (QED) is 0.0321. The summed E-state index contributed by atoms with van der Waals surface area (Å²) in [6, 6.07) is 0. The van der Waals surface area contributed by atoms with E-state index < -0.39 is 10.8 Å². The molecule has 0 aliphatic rings. The van der Waals surface area contributed by atoms with E-state index in [1.807, 2.05) is 0 Å². The number of esters is 6. The molecule has 0 spiro atoms. The Morgan fingerprint density at radius 2 is 0.205 bits per heavy atom. The first-order chi connectivity index (χ1) is 64.9. The van der Waals surface area contributed by atoms with Crippen molar-refractivity contribution in [3.63, 3.8) is 0 Å². The van der Waals surface area contributed by atoms with Gasteiger partial charge < -0.3 is 33.2 Å². The van der Waals surface area contributed by atoms with Crippen LogP contribution in [0, 0.1) is 10.8 Å². The summed E-state index contributed by atoms with van der Waals surface area (Å²) in [6.07, 6.45) is 112. The van der Waals surface area contributed by atoms with E-state index in [9.17, 15) is 28.8 Å². The Labute approximate surface area is 821 Å². The number of carbonyl (C=O) groups is 6. The number of rotatable bonds is 113. The van der Waals surface area contributed by atoms with Gasteiger partial charge in [-0.15, -0.1) is 0 Å². The van der Waals surface area contributed by atoms with Crippen LogP contribution < -0.4 is 0 Å². The minimum absolute atomic E-state index is 0.216. The molecule has 0 N–H and O–H groups in total. The molecule has 0 aliphatic heterocycles. The van der Waals surface area contributed by atoms with Gasteiger partial charge in [0.05, 0.1) is 24.0 Å². The maximum Gasteiger partial charge on any atom is 0.305 e. The Hall–Kier alpha value is -3.22. The van der Waals surface area contributed by atoms with Gasteiger partial charge in [0.2, 0.25) is 0 Å². The summed E-state index contributed by atoms with van der Waals surface area (Å²) in [6.45, 7) is 11.7. The second-order valence-electron chi connectivity index (χ2n) is 42.0. The number of hydrogen-bond donors (Lipinski definition) is 0. The van der Waals surface area contributed by atoms with Gasteiger partial charge in [0.1, 0.15) is 39.6 Å². The molecule has 0 atom stereocenters. The van der Waals surface area contributed by atoms with Gasteiger partial charge >= 0.3 is 35.8 Å². The van der Waals surface area contributed by atoms with E-state index >= 15 is 0 Å². The summed E-state index contributed by atoms with van der Waals surface area (Å²) < 4.78 is 44.8. The fraction of sp³-hybridized carbons (Fsp3) is 0.950. The highest BCUT2D eigenvalue weighted by Gasteiger charge is 2.41. The van der Waals surface area contributed by atoms with Crippen LogP contribution in [0.2, 0.25) is 0 Å². The van der Waals surface area contributed by atoms with Gasteiger partial charge in [-0.1, -0.05) is 587 Å². The van der Waals surface area contributed by atoms with Crippen molar-refractivity contribution >= 4 is 35.8 Å². The first kappa shape index (κ1) is 129. The van der Waals surface area contributed by atoms with Crippen molar-refractivity contribution in [3.8, 4) is 0 Å². The molecule has 0 bridgehead atoms. The second kappa shape index (κ2) is 107. The molecule has 0 radical (unpaired) electrons. The molecular formula is C119H228O13. The van der Waals surface area contributed by atoms with Crippen LogP contribution in [0.5, 0.6) is 0 Å². The summed E-state index contributed by atoms with van der Waals surface area (Å²) in [7, 11) is 0. The van der Waals surface area contributed by atoms with Gasteiger partial charge in [0.25, 0.3) is 0 Å². The van der Waals surface area contributed by atoms with Crippen LogP contribution in [0.1, 0.15) is 664 Å². The zero-order valence-corrected chi connectivity index (χ0v) is 89.6. The highest BCUT2D eigenvalue weighted by molar-refractivity contribution is 5.71. The minimum Gasteiger partial charge on any atom is -0.465 e. The third-order valence-electron chi connectivity index (χ3n) is 28.2. The first-order valence-electron chi connectivity index (χ1n) is 59.5. The molecule has 13 heteroatoms. The van der Waals surface area contributed by atoms with E-state index in [2.05, 4.69) is 41.5 Å². The SMILES string of the molecule is CCCCCCCCCCCCCCCCCCC(=O)OCC(COCC(COC(=O)CCCCCCCCCCCCCCCCC)(COC(=O)CCCCCCCCCCCCCCCCC)COC(=O)CCCCCCCCCCCCCCCCC)(COC(=O)CCCCCCCCCCCCCCCCC)COC(=O)CCCCCCCCCCCCCCCCC. The molecule has 0 rings (SSSR count). The minimum atomic E-state index is -1.37. The van der Waals surface area contributed by atoms with Crippen LogP contribution >= 0.6 is 0 Å². The molecule has 0 fully saturated rings. The standard InChI is InChI=1S/C119H228O13/c1-7-13-19-25-31-37-43-49-55-61-67-73-79-85-91-97-103-117(125)132-111-119(109-130-115(123)101-95-89-83-77-71-65-59-53-47-41-35-29-23-17-11-5,110-131-116(124)102-96-90-84-78-72-66-60-54-48-42-36-30-24-18-12-6)105-126-104-118(106-127-112(120)98-92-86-80-74-68-62-56-50-44-38-32-26-20-14-8-2,107-128-113(121)99-93-87-81-75-69-63-57-51-45-39-33-27-21-15-9-3)108-129-114(122)100-94-88-82-76-70-64-58-52-46-40-34-28-22-16-10-4/h7-111H2,1-6H3. The van der Waals surface area contributed by atoms with Crippen molar-refractivity contribution in [2.45, 2.75) is 664 Å². The zero-order valence-electron chi connectivity index (χ0n) is 89.6. The topological polar surface area (TPSA) is 167 Å². The van der Waals surface area contributed by atoms with Crippen LogP contribution in [0.15, 0.2) is 0 Å². The predicted molar refractivity (Wildman–Crippen MR) is 563 cm³/mol. The van der Waals surface area contributed by atoms with Crippen LogP contribution in [0.25, 0.3) is 0 Å². The summed E-state index contributed by atoms with van der Waals surface area (Å²) in [5.74, 6) is -2.28. The zero-order chi connectivity index (χ0) is 95.7. The predicted octanol–water partition coefficient (Wildman–Crippen LogP) is 38.2. The first-order valence-corrected chi connectivity index (χ1v) is 59.5. The average molecular weight is 1870 g/mol. The Bertz CT molecular complexity index is 2060. The van der Waals surface area contributed by atoms with Crippen LogP contribution in [-0.2, 0) is 61.9 Å². The van der Waals surface area contributed by atoms with Crippen molar-refractivity contribution in [3.05, 3.63) is 0 Å². The lowest BCUT2D eigenvalue weighted by Crippen LogP contribution is -2.47. The lowest BCUT2D eigenvalue weighted by Gasteiger charge is -2.35. The van der Waals surface area contributed by atoms with Gasteiger partial charge in [-0.05, 0) is 38.5 Å². The van der Waals surface area contributed by atoms with Crippen molar-refractivity contribution < 1.29 is 61.9 Å². The van der Waals surface area contributed by atoms with Gasteiger partial charge in [0.15, 0.2) is 0 Å². The molecule has 782 valence electrons. The van der Waals surface area contributed by atoms with Crippen molar-refractivity contribution in [1.82, 2.24) is 0 Å². The fourth-order valence-corrected chi connectivity index (χ4v) is 18.8. The average Bonchev–Trinajstić information content (AvgIpc) is 0.836. The smallest absolute Gasteiger partial charge is 0.305 e. The Morgan fingerprint density at radius 3 is 0.295 bits per heavy atom. The molecule has 0 saturated heterocycles. The Balaban J connectivity index is 7.23. The number of unbranched alkanes of at least 4 members (excludes halogenated alkanes) is 85. The number of ether oxygens (including phenoxy) is 7. The molecule has 0 heterocycles. The molecule has 0 saturated carbocycles. The largest absolute Gasteiger partial charge is 0.465 e. The third-order valence-corrected chi connectivity index (χ3v) is 28.2. The van der Waals surface area contributed by atoms with Crippen molar-refractivity contribution in [2.75, 3.05) is 52.9 Å². The lowest BCUT2D eigenvalue weighted by molar-refractivity contribution is -0.175. The second-order valence-corrected chi connectivity index (χ2v) is 42.0. The van der Waals surface area contributed by atoms with Crippen LogP contribution in [-0.4, -0.2) is 88.7 Å². The molecule has 0 unspecified atom stereocenters. The molecule has 0 aliphatic carbocycles. The highest BCUT2D eigenvalue weighted by atomic mass is 16.6. The van der Waals surface area contributed by atoms with E-state index in [1.54, 1.807) is 0 Å². The van der Waals surface area contributed by atoms with Gasteiger partial charge in [-0.25, -0.2) is 0 Å². The molecule has 132 heavy (non-hydrogen) atoms. The summed E-state index contributed by atoms with van der Waals surface area (Å²) >= 11 is 0. The van der Waals surface area contributed by atoms with Crippen molar-refractivity contribution in [1.29, 1.82) is 0 Å². The Morgan fingerprint density at radius 1 is 0.121 bits per heavy atom. The van der Waals surface area contributed by atoms with E-state index in [-0.39, 0.29) is 127 Å². The van der Waals surface area contributed by atoms with E-state index in [4.69, 9.17) is 33.2 Å². The molecule has 0 amide bonds. The van der Waals surface area contributed by atoms with Crippen LogP contribution in [0.3, 0.4) is 0 Å². The molecule has 0 aromatic carbocycles. The van der Waals surface area contributed by atoms with E-state index in [0.717, 1.165) is 116 Å². The maximum atomic E-state index is 14.2. The lowest BCUT2D eigenvalue weighted by atomic mass is 9.90. The highest BCUT2D eigenvalue weighted by Crippen LogP contribution is 2.30. The van der Waals surface area contributed by atoms with Crippen LogP contribution in [0.4, 0.5) is 0 Å². The molecule has 0 aromatic rings. The number of carbonyl (C=O) groups excluding carboxylic acids is 6. The summed E-state index contributed by atoms with van der Waals surface area (Å²) in [4.78, 5) is 85.0. The van der Waals surface area contributed by atoms with E-state index in [0.29, 0.717) is 38.5 Å². The third kappa shape index (κ3) is 97.0. The number of hydrogen-bond acceptors (Lipinski definition) is 13. The van der Waals surface area contributed by atoms with Gasteiger partial charge in [0, 0.05) is 38.5 Å². The molecular weight excluding hydrogens is 1640 g/mol. The normalized spacial score (nSPS) is 11.8. The van der Waals surface area contributed by atoms with E-state index in [1.165, 1.54) is 430 Å².